The number of hydrogen-bond donors (Lipinski definition) is 3. The van der Waals surface area contributed by atoms with E-state index in [0.29, 0.717) is 46.5 Å². The highest BCUT2D eigenvalue weighted by Gasteiger charge is 2.29. The molecule has 1 amide bonds. The Morgan fingerprint density at radius 1 is 1.22 bits per heavy atom. The molecule has 1 saturated carbocycles. The third-order valence-electron chi connectivity index (χ3n) is 5.90. The van der Waals surface area contributed by atoms with Crippen LogP contribution in [0.2, 0.25) is 5.02 Å². The van der Waals surface area contributed by atoms with Crippen molar-refractivity contribution in [3.05, 3.63) is 58.4 Å². The van der Waals surface area contributed by atoms with Crippen molar-refractivity contribution in [2.75, 3.05) is 36.5 Å². The number of hydrogen-bond acceptors (Lipinski definition) is 6. The number of carbonyl (C=O) groups excluding carboxylic acids is 1. The number of nitrogens with zero attached hydrogens (tertiary/aromatic N) is 4. The van der Waals surface area contributed by atoms with Crippen LogP contribution in [0.4, 0.5) is 11.4 Å². The second-order valence-corrected chi connectivity index (χ2v) is 8.39. The highest BCUT2D eigenvalue weighted by Crippen LogP contribution is 2.44. The number of ether oxygens (including phenoxy) is 1. The smallest absolute Gasteiger partial charge is 0.259 e. The molecule has 2 fully saturated rings. The number of halogens is 1. The minimum absolute atomic E-state index is 0.148. The molecule has 10 heteroatoms. The lowest BCUT2D eigenvalue weighted by Crippen LogP contribution is -2.36. The van der Waals surface area contributed by atoms with Crippen LogP contribution in [-0.4, -0.2) is 47.7 Å². The average molecular weight is 452 g/mol. The summed E-state index contributed by atoms with van der Waals surface area (Å²) in [5, 5.41) is 18.8. The highest BCUT2D eigenvalue weighted by atomic mass is 35.5. The number of pyridine rings is 1. The van der Waals surface area contributed by atoms with Crippen molar-refractivity contribution in [1.29, 1.82) is 10.9 Å². The van der Waals surface area contributed by atoms with Gasteiger partial charge in [-0.2, -0.15) is 5.10 Å². The highest BCUT2D eigenvalue weighted by molar-refractivity contribution is 6.34. The van der Waals surface area contributed by atoms with Crippen LogP contribution < -0.4 is 10.2 Å². The molecule has 1 saturated heterocycles. The maximum atomic E-state index is 13.1. The first-order chi connectivity index (χ1) is 15.5. The van der Waals surface area contributed by atoms with Gasteiger partial charge in [0, 0.05) is 30.5 Å². The third kappa shape index (κ3) is 3.85. The number of anilines is 2. The first-order valence-electron chi connectivity index (χ1n) is 10.5. The van der Waals surface area contributed by atoms with E-state index in [9.17, 15) is 4.79 Å². The number of amidine groups is 1. The maximum Gasteiger partial charge on any atom is 0.259 e. The van der Waals surface area contributed by atoms with E-state index in [4.69, 9.17) is 27.3 Å². The molecule has 0 spiro atoms. The standard InChI is InChI=1S/C22H22ClN7O2/c23-18-10-15(13-1-2-13)16(21(24)28-25)11-19(18)27-22(31)17-12-26-30-4-3-14(9-20(17)30)29-5-7-32-8-6-29/h3-4,9-13,24-25H,1-2,5-8H2,(H,27,31). The minimum Gasteiger partial charge on any atom is -0.378 e. The fourth-order valence-corrected chi connectivity index (χ4v) is 4.25. The van der Waals surface area contributed by atoms with Crippen LogP contribution >= 0.6 is 11.6 Å². The van der Waals surface area contributed by atoms with Crippen molar-refractivity contribution in [2.45, 2.75) is 18.8 Å². The van der Waals surface area contributed by atoms with E-state index in [1.54, 1.807) is 16.6 Å². The van der Waals surface area contributed by atoms with Gasteiger partial charge in [0.1, 0.15) is 0 Å². The second-order valence-electron chi connectivity index (χ2n) is 7.98. The molecule has 3 N–H and O–H groups in total. The van der Waals surface area contributed by atoms with Crippen LogP contribution in [0.5, 0.6) is 0 Å². The molecule has 0 atom stereocenters. The number of nitrogens with one attached hydrogen (secondary N) is 3. The normalized spacial score (nSPS) is 16.2. The van der Waals surface area contributed by atoms with E-state index < -0.39 is 0 Å². The summed E-state index contributed by atoms with van der Waals surface area (Å²) in [6.45, 7) is 2.94. The number of benzene rings is 1. The van der Waals surface area contributed by atoms with E-state index in [1.165, 1.54) is 6.20 Å². The van der Waals surface area contributed by atoms with Gasteiger partial charge in [0.25, 0.3) is 5.91 Å². The van der Waals surface area contributed by atoms with Gasteiger partial charge in [-0.05, 0) is 48.6 Å². The van der Waals surface area contributed by atoms with Crippen LogP contribution in [0.1, 0.15) is 40.2 Å². The lowest BCUT2D eigenvalue weighted by molar-refractivity contribution is 0.102. The SMILES string of the molecule is N=NC(=N)c1cc(NC(=O)c2cnn3ccc(N4CCOCC4)cc23)c(Cl)cc1C1CC1. The van der Waals surface area contributed by atoms with Gasteiger partial charge in [0.15, 0.2) is 5.84 Å². The molecule has 2 aliphatic rings. The van der Waals surface area contributed by atoms with Crippen molar-refractivity contribution in [3.63, 3.8) is 0 Å². The summed E-state index contributed by atoms with van der Waals surface area (Å²) in [5.41, 5.74) is 11.2. The second kappa shape index (κ2) is 8.33. The van der Waals surface area contributed by atoms with Crippen LogP contribution in [0.25, 0.3) is 5.52 Å². The lowest BCUT2D eigenvalue weighted by Gasteiger charge is -2.28. The first kappa shape index (κ1) is 20.6. The van der Waals surface area contributed by atoms with Gasteiger partial charge >= 0.3 is 0 Å². The molecule has 0 bridgehead atoms. The van der Waals surface area contributed by atoms with Gasteiger partial charge in [-0.1, -0.05) is 11.6 Å². The molecule has 1 aliphatic heterocycles. The zero-order valence-electron chi connectivity index (χ0n) is 17.3. The third-order valence-corrected chi connectivity index (χ3v) is 6.21. The van der Waals surface area contributed by atoms with Crippen LogP contribution in [-0.2, 0) is 4.74 Å². The van der Waals surface area contributed by atoms with Crippen LogP contribution in [0.3, 0.4) is 0 Å². The van der Waals surface area contributed by atoms with Crippen LogP contribution in [0.15, 0.2) is 41.8 Å². The predicted molar refractivity (Wildman–Crippen MR) is 122 cm³/mol. The summed E-state index contributed by atoms with van der Waals surface area (Å²) >= 11 is 6.47. The summed E-state index contributed by atoms with van der Waals surface area (Å²) in [7, 11) is 0. The quantitative estimate of drug-likeness (QED) is 0.304. The van der Waals surface area contributed by atoms with Crippen molar-refractivity contribution < 1.29 is 9.53 Å². The Morgan fingerprint density at radius 2 is 2.00 bits per heavy atom. The Balaban J connectivity index is 1.46. The van der Waals surface area contributed by atoms with Crippen molar-refractivity contribution in [1.82, 2.24) is 9.61 Å². The van der Waals surface area contributed by atoms with Gasteiger partial charge in [0.05, 0.1) is 41.2 Å². The molecular formula is C22H22ClN7O2. The molecule has 1 aliphatic carbocycles. The molecule has 0 radical (unpaired) electrons. The Kier molecular flexibility index (Phi) is 5.36. The van der Waals surface area contributed by atoms with Gasteiger partial charge in [-0.3, -0.25) is 10.2 Å². The van der Waals surface area contributed by atoms with Crippen LogP contribution in [0, 0.1) is 10.9 Å². The van der Waals surface area contributed by atoms with Gasteiger partial charge in [-0.25, -0.2) is 10.0 Å². The maximum absolute atomic E-state index is 13.1. The monoisotopic (exact) mass is 451 g/mol. The number of rotatable bonds is 5. The number of morpholine rings is 1. The van der Waals surface area contributed by atoms with Gasteiger partial charge < -0.3 is 15.0 Å². The number of aromatic nitrogens is 2. The zero-order valence-corrected chi connectivity index (χ0v) is 18.0. The van der Waals surface area contributed by atoms with E-state index in [1.807, 2.05) is 18.3 Å². The molecule has 1 aromatic carbocycles. The van der Waals surface area contributed by atoms with Crippen molar-refractivity contribution >= 4 is 40.2 Å². The Hall–Kier alpha value is -3.30. The molecule has 2 aromatic heterocycles. The molecule has 164 valence electrons. The average Bonchev–Trinajstić information content (AvgIpc) is 3.58. The number of amides is 1. The molecule has 0 unspecified atom stereocenters. The number of carbonyl (C=O) groups is 1. The summed E-state index contributed by atoms with van der Waals surface area (Å²) < 4.78 is 7.09. The Morgan fingerprint density at radius 3 is 2.72 bits per heavy atom. The molecule has 3 aromatic rings. The fraction of sp³-hybridized carbons (Fsp3) is 0.318. The summed E-state index contributed by atoms with van der Waals surface area (Å²) in [5.74, 6) is -0.168. The number of fused-ring (bicyclic) bond motifs is 1. The molecule has 5 rings (SSSR count). The fourth-order valence-electron chi connectivity index (χ4n) is 4.03. The molecule has 32 heavy (non-hydrogen) atoms. The summed E-state index contributed by atoms with van der Waals surface area (Å²) in [4.78, 5) is 15.4. The van der Waals surface area contributed by atoms with E-state index in [-0.39, 0.29) is 11.7 Å². The predicted octanol–water partition coefficient (Wildman–Crippen LogP) is 4.31. The summed E-state index contributed by atoms with van der Waals surface area (Å²) in [6, 6.07) is 7.34. The lowest BCUT2D eigenvalue weighted by atomic mass is 10.0. The van der Waals surface area contributed by atoms with Crippen molar-refractivity contribution in [2.24, 2.45) is 5.11 Å². The van der Waals surface area contributed by atoms with Crippen molar-refractivity contribution in [3.8, 4) is 0 Å². The Labute approximate surface area is 189 Å². The van der Waals surface area contributed by atoms with E-state index in [2.05, 4.69) is 20.4 Å². The Bertz CT molecular complexity index is 1230. The minimum atomic E-state index is -0.347. The largest absolute Gasteiger partial charge is 0.378 e. The summed E-state index contributed by atoms with van der Waals surface area (Å²) in [6.07, 6.45) is 5.41. The van der Waals surface area contributed by atoms with E-state index >= 15 is 0 Å². The molecule has 9 nitrogen and oxygen atoms in total. The van der Waals surface area contributed by atoms with Gasteiger partial charge in [0.2, 0.25) is 0 Å². The molecular weight excluding hydrogens is 430 g/mol. The van der Waals surface area contributed by atoms with E-state index in [0.717, 1.165) is 37.2 Å². The zero-order chi connectivity index (χ0) is 22.2. The topological polar surface area (TPSA) is 119 Å². The first-order valence-corrected chi connectivity index (χ1v) is 10.8. The van der Waals surface area contributed by atoms with Gasteiger partial charge in [-0.15, -0.1) is 5.11 Å². The molecule has 3 heterocycles.